The van der Waals surface area contributed by atoms with Crippen LogP contribution in [0.15, 0.2) is 54.9 Å². The molecule has 3 aromatic rings. The van der Waals surface area contributed by atoms with Crippen molar-refractivity contribution in [2.45, 2.75) is 25.7 Å². The number of halogens is 1. The van der Waals surface area contributed by atoms with Crippen molar-refractivity contribution in [3.8, 4) is 0 Å². The maximum Gasteiger partial charge on any atom is 0.253 e. The summed E-state index contributed by atoms with van der Waals surface area (Å²) in [4.78, 5) is 27.8. The van der Waals surface area contributed by atoms with Crippen LogP contribution in [-0.2, 0) is 0 Å². The molecule has 1 aliphatic heterocycles. The summed E-state index contributed by atoms with van der Waals surface area (Å²) in [5.74, 6) is 0.876. The van der Waals surface area contributed by atoms with E-state index in [9.17, 15) is 9.18 Å². The van der Waals surface area contributed by atoms with Crippen LogP contribution in [0.2, 0.25) is 0 Å². The molecule has 1 aliphatic rings. The first-order valence-corrected chi connectivity index (χ1v) is 9.66. The van der Waals surface area contributed by atoms with E-state index in [0.717, 1.165) is 24.1 Å². The van der Waals surface area contributed by atoms with Gasteiger partial charge in [0, 0.05) is 37.0 Å². The van der Waals surface area contributed by atoms with Crippen molar-refractivity contribution in [2.24, 2.45) is 0 Å². The minimum atomic E-state index is -0.345. The molecule has 1 atom stereocenters. The van der Waals surface area contributed by atoms with Crippen LogP contribution in [0.4, 0.5) is 16.2 Å². The summed E-state index contributed by atoms with van der Waals surface area (Å²) in [5, 5.41) is 3.13. The first kappa shape index (κ1) is 19.0. The number of carbonyl (C=O) groups excluding carboxylic acids is 1. The van der Waals surface area contributed by atoms with E-state index in [1.165, 1.54) is 24.3 Å². The third-order valence-corrected chi connectivity index (χ3v) is 5.05. The van der Waals surface area contributed by atoms with E-state index in [-0.39, 0.29) is 17.6 Å². The molecule has 1 amide bonds. The molecule has 2 aromatic heterocycles. The van der Waals surface area contributed by atoms with Crippen molar-refractivity contribution in [3.63, 3.8) is 0 Å². The van der Waals surface area contributed by atoms with Gasteiger partial charge >= 0.3 is 0 Å². The van der Waals surface area contributed by atoms with Gasteiger partial charge in [-0.25, -0.2) is 19.3 Å². The molecule has 7 heteroatoms. The van der Waals surface area contributed by atoms with E-state index >= 15 is 0 Å². The summed E-state index contributed by atoms with van der Waals surface area (Å²) in [6.45, 7) is 3.25. The quantitative estimate of drug-likeness (QED) is 0.726. The summed E-state index contributed by atoms with van der Waals surface area (Å²) < 4.78 is 13.1. The molecule has 1 saturated heterocycles. The summed E-state index contributed by atoms with van der Waals surface area (Å²) >= 11 is 0. The van der Waals surface area contributed by atoms with Crippen molar-refractivity contribution in [3.05, 3.63) is 77.5 Å². The number of anilines is 2. The smallest absolute Gasteiger partial charge is 0.253 e. The second kappa shape index (κ2) is 8.34. The monoisotopic (exact) mass is 391 g/mol. The third-order valence-electron chi connectivity index (χ3n) is 5.05. The van der Waals surface area contributed by atoms with Crippen molar-refractivity contribution < 1.29 is 9.18 Å². The molecule has 0 spiro atoms. The van der Waals surface area contributed by atoms with Gasteiger partial charge in [-0.1, -0.05) is 6.07 Å². The normalized spacial score (nSPS) is 16.5. The van der Waals surface area contributed by atoms with E-state index in [2.05, 4.69) is 20.3 Å². The van der Waals surface area contributed by atoms with Crippen molar-refractivity contribution in [2.75, 3.05) is 18.4 Å². The highest BCUT2D eigenvalue weighted by molar-refractivity contribution is 5.94. The predicted molar refractivity (Wildman–Crippen MR) is 109 cm³/mol. The minimum absolute atomic E-state index is 0.0778. The maximum atomic E-state index is 13.1. The van der Waals surface area contributed by atoms with Gasteiger partial charge in [0.25, 0.3) is 5.91 Å². The zero-order chi connectivity index (χ0) is 20.2. The van der Waals surface area contributed by atoms with Gasteiger partial charge in [-0.15, -0.1) is 0 Å². The molecule has 3 heterocycles. The second-order valence-electron chi connectivity index (χ2n) is 7.25. The average molecular weight is 391 g/mol. The van der Waals surface area contributed by atoms with E-state index in [1.54, 1.807) is 12.4 Å². The Morgan fingerprint density at radius 1 is 1.14 bits per heavy atom. The number of nitrogens with zero attached hydrogens (tertiary/aromatic N) is 4. The minimum Gasteiger partial charge on any atom is -0.338 e. The Balaban J connectivity index is 1.47. The highest BCUT2D eigenvalue weighted by Gasteiger charge is 2.26. The van der Waals surface area contributed by atoms with Gasteiger partial charge in [-0.05, 0) is 61.7 Å². The van der Waals surface area contributed by atoms with E-state index in [1.807, 2.05) is 30.0 Å². The zero-order valence-electron chi connectivity index (χ0n) is 16.2. The molecule has 0 bridgehead atoms. The number of aryl methyl sites for hydroxylation is 1. The first-order chi connectivity index (χ1) is 14.1. The van der Waals surface area contributed by atoms with Crippen LogP contribution >= 0.6 is 0 Å². The van der Waals surface area contributed by atoms with E-state index in [4.69, 9.17) is 0 Å². The molecule has 0 radical (unpaired) electrons. The van der Waals surface area contributed by atoms with Gasteiger partial charge in [-0.3, -0.25) is 4.79 Å². The Morgan fingerprint density at radius 2 is 1.97 bits per heavy atom. The van der Waals surface area contributed by atoms with Gasteiger partial charge in [0.2, 0.25) is 5.95 Å². The molecule has 29 heavy (non-hydrogen) atoms. The topological polar surface area (TPSA) is 71.0 Å². The number of hydrogen-bond acceptors (Lipinski definition) is 5. The molecule has 0 aliphatic carbocycles. The van der Waals surface area contributed by atoms with Crippen LogP contribution in [0.25, 0.3) is 0 Å². The number of aromatic nitrogens is 3. The van der Waals surface area contributed by atoms with Crippen LogP contribution in [0.1, 0.15) is 40.4 Å². The maximum absolute atomic E-state index is 13.1. The van der Waals surface area contributed by atoms with Gasteiger partial charge < -0.3 is 10.2 Å². The Morgan fingerprint density at radius 3 is 2.72 bits per heavy atom. The number of piperidine rings is 1. The number of amides is 1. The van der Waals surface area contributed by atoms with Gasteiger partial charge in [0.15, 0.2) is 0 Å². The highest BCUT2D eigenvalue weighted by atomic mass is 19.1. The predicted octanol–water partition coefficient (Wildman–Crippen LogP) is 4.08. The molecule has 0 saturated carbocycles. The summed E-state index contributed by atoms with van der Waals surface area (Å²) in [6.07, 6.45) is 5.35. The Kier molecular flexibility index (Phi) is 5.46. The van der Waals surface area contributed by atoms with E-state index in [0.29, 0.717) is 30.4 Å². The third kappa shape index (κ3) is 4.56. The van der Waals surface area contributed by atoms with Crippen LogP contribution in [0, 0.1) is 12.7 Å². The summed E-state index contributed by atoms with van der Waals surface area (Å²) in [6, 6.07) is 11.4. The molecular formula is C22H22FN5O. The van der Waals surface area contributed by atoms with Crippen molar-refractivity contribution in [1.29, 1.82) is 0 Å². The average Bonchev–Trinajstić information content (AvgIpc) is 2.76. The Bertz CT molecular complexity index is 991. The lowest BCUT2D eigenvalue weighted by Crippen LogP contribution is -2.39. The Labute approximate surface area is 168 Å². The SMILES string of the molecule is Cc1ccc(Nc2nccc([C@H]3CCCN(C(=O)c4ccc(F)cc4)C3)n2)nc1. The summed E-state index contributed by atoms with van der Waals surface area (Å²) in [7, 11) is 0. The van der Waals surface area contributed by atoms with E-state index < -0.39 is 0 Å². The molecule has 6 nitrogen and oxygen atoms in total. The number of pyridine rings is 1. The molecule has 1 fully saturated rings. The van der Waals surface area contributed by atoms with Crippen molar-refractivity contribution >= 4 is 17.7 Å². The molecule has 148 valence electrons. The largest absolute Gasteiger partial charge is 0.338 e. The van der Waals surface area contributed by atoms with Crippen molar-refractivity contribution in [1.82, 2.24) is 19.9 Å². The number of rotatable bonds is 4. The van der Waals surface area contributed by atoms with Gasteiger partial charge in [0.05, 0.1) is 5.69 Å². The van der Waals surface area contributed by atoms with Crippen LogP contribution in [0.3, 0.4) is 0 Å². The highest BCUT2D eigenvalue weighted by Crippen LogP contribution is 2.27. The fraction of sp³-hybridized carbons (Fsp3) is 0.273. The van der Waals surface area contributed by atoms with Gasteiger partial charge in [0.1, 0.15) is 11.6 Å². The Hall–Kier alpha value is -3.35. The van der Waals surface area contributed by atoms with Crippen LogP contribution < -0.4 is 5.32 Å². The summed E-state index contributed by atoms with van der Waals surface area (Å²) in [5.41, 5.74) is 2.48. The van der Waals surface area contributed by atoms with Crippen LogP contribution in [-0.4, -0.2) is 38.8 Å². The lowest BCUT2D eigenvalue weighted by molar-refractivity contribution is 0.0706. The molecular weight excluding hydrogens is 369 g/mol. The fourth-order valence-electron chi connectivity index (χ4n) is 3.49. The lowest BCUT2D eigenvalue weighted by Gasteiger charge is -2.32. The molecule has 1 N–H and O–H groups in total. The number of benzene rings is 1. The standard InChI is InChI=1S/C22H22FN5O/c1-15-4-9-20(25-13-15)27-22-24-11-10-19(26-22)17-3-2-12-28(14-17)21(29)16-5-7-18(23)8-6-16/h4-11,13,17H,2-3,12,14H2,1H3,(H,24,25,26,27)/t17-/m0/s1. The number of likely N-dealkylation sites (tertiary alicyclic amines) is 1. The number of carbonyl (C=O) groups is 1. The van der Waals surface area contributed by atoms with Gasteiger partial charge in [-0.2, -0.15) is 0 Å². The fourth-order valence-corrected chi connectivity index (χ4v) is 3.49. The first-order valence-electron chi connectivity index (χ1n) is 9.66. The molecule has 4 rings (SSSR count). The van der Waals surface area contributed by atoms with Crippen LogP contribution in [0.5, 0.6) is 0 Å². The molecule has 0 unspecified atom stereocenters. The number of nitrogens with one attached hydrogen (secondary N) is 1. The number of hydrogen-bond donors (Lipinski definition) is 1. The molecule has 1 aromatic carbocycles. The zero-order valence-corrected chi connectivity index (χ0v) is 16.2. The second-order valence-corrected chi connectivity index (χ2v) is 7.25. The lowest BCUT2D eigenvalue weighted by atomic mass is 9.94.